The molecular weight excluding hydrogens is 612 g/mol. The molecule has 1 aliphatic rings. The summed E-state index contributed by atoms with van der Waals surface area (Å²) in [5.74, 6) is -1.59. The summed E-state index contributed by atoms with van der Waals surface area (Å²) in [6.07, 6.45) is 1.32. The number of hydrogen-bond donors (Lipinski definition) is 1. The zero-order valence-electron chi connectivity index (χ0n) is 19.8. The van der Waals surface area contributed by atoms with Crippen molar-refractivity contribution in [1.82, 2.24) is 5.32 Å². The van der Waals surface area contributed by atoms with Crippen LogP contribution in [0.2, 0.25) is 0 Å². The number of nitro benzene ring substituents is 1. The number of hydrogen-bond acceptors (Lipinski definition) is 7. The van der Waals surface area contributed by atoms with E-state index in [9.17, 15) is 28.9 Å². The molecule has 1 heterocycles. The Morgan fingerprint density at radius 3 is 2.50 bits per heavy atom. The fourth-order valence-electron chi connectivity index (χ4n) is 3.64. The van der Waals surface area contributed by atoms with Crippen molar-refractivity contribution in [2.75, 3.05) is 11.5 Å². The Kier molecular flexibility index (Phi) is 8.00. The molecule has 0 spiro atoms. The number of rotatable bonds is 8. The minimum atomic E-state index is -0.946. The van der Waals surface area contributed by atoms with Crippen LogP contribution < -0.4 is 19.7 Å². The maximum atomic E-state index is 13.3. The average molecular weight is 631 g/mol. The van der Waals surface area contributed by atoms with Crippen LogP contribution in [0.25, 0.3) is 6.08 Å². The van der Waals surface area contributed by atoms with Crippen LogP contribution in [0.4, 0.5) is 20.6 Å². The van der Waals surface area contributed by atoms with E-state index in [1.807, 2.05) is 22.6 Å². The van der Waals surface area contributed by atoms with Gasteiger partial charge in [-0.15, -0.1) is 0 Å². The van der Waals surface area contributed by atoms with Crippen LogP contribution >= 0.6 is 22.6 Å². The van der Waals surface area contributed by atoms with Crippen LogP contribution in [0.1, 0.15) is 18.1 Å². The Labute approximate surface area is 229 Å². The summed E-state index contributed by atoms with van der Waals surface area (Å²) in [4.78, 5) is 49.3. The maximum Gasteiger partial charge on any atom is 0.335 e. The summed E-state index contributed by atoms with van der Waals surface area (Å²) in [7, 11) is 0. The number of anilines is 1. The summed E-state index contributed by atoms with van der Waals surface area (Å²) < 4.78 is 25.6. The number of carbonyl (C=O) groups is 3. The van der Waals surface area contributed by atoms with Gasteiger partial charge in [0.25, 0.3) is 17.5 Å². The number of imide groups is 2. The third-order valence-electron chi connectivity index (χ3n) is 5.33. The molecule has 12 heteroatoms. The number of urea groups is 1. The number of nitro groups is 1. The molecule has 4 amide bonds. The molecule has 0 radical (unpaired) electrons. The predicted molar refractivity (Wildman–Crippen MR) is 143 cm³/mol. The van der Waals surface area contributed by atoms with E-state index in [0.717, 1.165) is 17.0 Å². The molecule has 38 heavy (non-hydrogen) atoms. The Morgan fingerprint density at radius 2 is 1.82 bits per heavy atom. The Morgan fingerprint density at radius 1 is 1.08 bits per heavy atom. The van der Waals surface area contributed by atoms with Crippen molar-refractivity contribution >= 4 is 57.9 Å². The van der Waals surface area contributed by atoms with Crippen molar-refractivity contribution in [3.05, 3.63) is 96.9 Å². The molecule has 0 bridgehead atoms. The Hall–Kier alpha value is -4.33. The van der Waals surface area contributed by atoms with E-state index in [-0.39, 0.29) is 30.2 Å². The number of ether oxygens (including phenoxy) is 2. The molecule has 1 N–H and O–H groups in total. The molecular formula is C26H19FIN3O7. The number of amides is 4. The lowest BCUT2D eigenvalue weighted by molar-refractivity contribution is -0.384. The van der Waals surface area contributed by atoms with E-state index in [2.05, 4.69) is 5.32 Å². The van der Waals surface area contributed by atoms with Gasteiger partial charge in [-0.3, -0.25) is 25.0 Å². The van der Waals surface area contributed by atoms with Crippen LogP contribution in [0.15, 0.2) is 66.2 Å². The second-order valence-electron chi connectivity index (χ2n) is 7.91. The molecule has 3 aromatic carbocycles. The molecule has 0 saturated carbocycles. The minimum absolute atomic E-state index is 0.0355. The Bertz CT molecular complexity index is 1470. The molecule has 10 nitrogen and oxygen atoms in total. The lowest BCUT2D eigenvalue weighted by Crippen LogP contribution is -2.54. The van der Waals surface area contributed by atoms with Gasteiger partial charge in [-0.25, -0.2) is 14.1 Å². The normalized spacial score (nSPS) is 14.4. The predicted octanol–water partition coefficient (Wildman–Crippen LogP) is 4.98. The summed E-state index contributed by atoms with van der Waals surface area (Å²) >= 11 is 2.01. The highest BCUT2D eigenvalue weighted by Crippen LogP contribution is 2.36. The zero-order valence-corrected chi connectivity index (χ0v) is 21.9. The molecule has 0 unspecified atom stereocenters. The van der Waals surface area contributed by atoms with Crippen LogP contribution in [-0.2, 0) is 16.2 Å². The van der Waals surface area contributed by atoms with Gasteiger partial charge in [0.2, 0.25) is 0 Å². The summed E-state index contributed by atoms with van der Waals surface area (Å²) in [6, 6.07) is 13.0. The van der Waals surface area contributed by atoms with Crippen molar-refractivity contribution in [2.45, 2.75) is 13.5 Å². The average Bonchev–Trinajstić information content (AvgIpc) is 2.87. The number of barbiturate groups is 1. The van der Waals surface area contributed by atoms with Gasteiger partial charge in [0.15, 0.2) is 11.5 Å². The van der Waals surface area contributed by atoms with Gasteiger partial charge in [-0.05, 0) is 83.1 Å². The zero-order chi connectivity index (χ0) is 27.4. The molecule has 0 aliphatic carbocycles. The maximum absolute atomic E-state index is 13.3. The number of halogens is 2. The number of nitrogens with zero attached hydrogens (tertiary/aromatic N) is 2. The van der Waals surface area contributed by atoms with Gasteiger partial charge in [-0.2, -0.15) is 0 Å². The molecule has 0 atom stereocenters. The van der Waals surface area contributed by atoms with Gasteiger partial charge in [0, 0.05) is 12.1 Å². The third-order valence-corrected chi connectivity index (χ3v) is 6.14. The van der Waals surface area contributed by atoms with Crippen LogP contribution in [0.5, 0.6) is 11.5 Å². The summed E-state index contributed by atoms with van der Waals surface area (Å²) in [5, 5.41) is 13.2. The third kappa shape index (κ3) is 5.80. The molecule has 194 valence electrons. The smallest absolute Gasteiger partial charge is 0.335 e. The van der Waals surface area contributed by atoms with Crippen LogP contribution in [0.3, 0.4) is 0 Å². The topological polar surface area (TPSA) is 128 Å². The molecule has 0 aromatic heterocycles. The lowest BCUT2D eigenvalue weighted by Gasteiger charge is -2.26. The second-order valence-corrected chi connectivity index (χ2v) is 9.08. The highest BCUT2D eigenvalue weighted by Gasteiger charge is 2.37. The van der Waals surface area contributed by atoms with Crippen molar-refractivity contribution in [2.24, 2.45) is 0 Å². The van der Waals surface area contributed by atoms with Crippen LogP contribution in [-0.4, -0.2) is 29.4 Å². The Balaban J connectivity index is 1.64. The number of non-ortho nitro benzene ring substituents is 1. The van der Waals surface area contributed by atoms with Crippen molar-refractivity contribution < 1.29 is 33.2 Å². The number of benzene rings is 3. The first-order valence-electron chi connectivity index (χ1n) is 11.2. The monoisotopic (exact) mass is 631 g/mol. The first-order valence-corrected chi connectivity index (χ1v) is 12.2. The molecule has 4 rings (SSSR count). The van der Waals surface area contributed by atoms with E-state index < -0.39 is 28.6 Å². The van der Waals surface area contributed by atoms with E-state index in [1.54, 1.807) is 31.2 Å². The van der Waals surface area contributed by atoms with Crippen molar-refractivity contribution in [3.63, 3.8) is 0 Å². The lowest BCUT2D eigenvalue weighted by atomic mass is 10.1. The fraction of sp³-hybridized carbons (Fsp3) is 0.115. The van der Waals surface area contributed by atoms with Gasteiger partial charge in [0.1, 0.15) is 18.0 Å². The molecule has 1 saturated heterocycles. The van der Waals surface area contributed by atoms with Crippen molar-refractivity contribution in [3.8, 4) is 11.5 Å². The highest BCUT2D eigenvalue weighted by molar-refractivity contribution is 14.1. The largest absolute Gasteiger partial charge is 0.490 e. The summed E-state index contributed by atoms with van der Waals surface area (Å²) in [6.45, 7) is 2.09. The second kappa shape index (κ2) is 11.4. The fourth-order valence-corrected chi connectivity index (χ4v) is 4.42. The van der Waals surface area contributed by atoms with Gasteiger partial charge >= 0.3 is 6.03 Å². The van der Waals surface area contributed by atoms with E-state index in [1.165, 1.54) is 30.3 Å². The first kappa shape index (κ1) is 26.7. The van der Waals surface area contributed by atoms with Gasteiger partial charge in [-0.1, -0.05) is 12.1 Å². The van der Waals surface area contributed by atoms with Crippen molar-refractivity contribution in [1.29, 1.82) is 0 Å². The van der Waals surface area contributed by atoms with E-state index in [4.69, 9.17) is 9.47 Å². The number of carbonyl (C=O) groups excluding carboxylic acids is 3. The SMILES string of the molecule is CCOc1cc(/C=C2\C(=O)NC(=O)N(c3ccc(F)cc3)C2=O)cc(I)c1OCc1cccc([N+](=O)[O-])c1. The minimum Gasteiger partial charge on any atom is -0.490 e. The first-order chi connectivity index (χ1) is 18.2. The standard InChI is InChI=1S/C26H19FIN3O7/c1-2-37-22-13-16(12-21(28)23(22)38-14-15-4-3-5-19(10-15)31(35)36)11-20-24(32)29-26(34)30(25(20)33)18-8-6-17(27)7-9-18/h3-13H,2,14H2,1H3,(H,29,32,34)/b20-11+. The van der Waals surface area contributed by atoms with Gasteiger partial charge in [0.05, 0.1) is 20.8 Å². The molecule has 1 aliphatic heterocycles. The molecule has 1 fully saturated rings. The quantitative estimate of drug-likeness (QED) is 0.122. The van der Waals surface area contributed by atoms with E-state index >= 15 is 0 Å². The summed E-state index contributed by atoms with van der Waals surface area (Å²) in [5.41, 5.74) is 0.738. The van der Waals surface area contributed by atoms with Crippen LogP contribution in [0, 0.1) is 19.5 Å². The molecule has 3 aromatic rings. The van der Waals surface area contributed by atoms with Gasteiger partial charge < -0.3 is 9.47 Å². The number of nitrogens with one attached hydrogen (secondary N) is 1. The van der Waals surface area contributed by atoms with E-state index in [0.29, 0.717) is 26.2 Å². The highest BCUT2D eigenvalue weighted by atomic mass is 127.